The van der Waals surface area contributed by atoms with Crippen LogP contribution in [0.15, 0.2) is 30.3 Å². The van der Waals surface area contributed by atoms with E-state index in [4.69, 9.17) is 33.0 Å². The van der Waals surface area contributed by atoms with Gasteiger partial charge in [0.15, 0.2) is 0 Å². The van der Waals surface area contributed by atoms with Crippen LogP contribution in [0.4, 0.5) is 5.82 Å². The van der Waals surface area contributed by atoms with E-state index in [0.717, 1.165) is 5.69 Å². The van der Waals surface area contributed by atoms with Gasteiger partial charge in [-0.2, -0.15) is 5.10 Å². The van der Waals surface area contributed by atoms with Crippen molar-refractivity contribution in [3.05, 3.63) is 41.0 Å². The van der Waals surface area contributed by atoms with E-state index in [9.17, 15) is 9.59 Å². The van der Waals surface area contributed by atoms with Gasteiger partial charge >= 0.3 is 0 Å². The van der Waals surface area contributed by atoms with Gasteiger partial charge in [0.1, 0.15) is 5.82 Å². The molecule has 7 nitrogen and oxygen atoms in total. The Morgan fingerprint density at radius 2 is 1.85 bits per heavy atom. The molecule has 0 fully saturated rings. The molecule has 0 radical (unpaired) electrons. The number of nitrogens with one attached hydrogen (secondary N) is 1. The van der Waals surface area contributed by atoms with E-state index in [1.807, 2.05) is 45.0 Å². The highest BCUT2D eigenvalue weighted by Crippen LogP contribution is 2.29. The number of hydrogen-bond donors (Lipinski definition) is 1. The van der Waals surface area contributed by atoms with Crippen LogP contribution in [0.1, 0.15) is 46.7 Å². The molecule has 182 valence electrons. The van der Waals surface area contributed by atoms with Crippen molar-refractivity contribution in [3.8, 4) is 5.69 Å². The summed E-state index contributed by atoms with van der Waals surface area (Å²) >= 11 is 12.4. The lowest BCUT2D eigenvalue weighted by atomic mass is 9.92. The topological polar surface area (TPSA) is 76.5 Å². The number of benzene rings is 1. The molecular formula is C24H34Cl2N4O3. The van der Waals surface area contributed by atoms with Crippen molar-refractivity contribution < 1.29 is 14.3 Å². The fraction of sp³-hybridized carbons (Fsp3) is 0.542. The highest BCUT2D eigenvalue weighted by Gasteiger charge is 2.32. The Morgan fingerprint density at radius 1 is 1.18 bits per heavy atom. The van der Waals surface area contributed by atoms with Crippen LogP contribution in [0.3, 0.4) is 0 Å². The number of anilines is 1. The van der Waals surface area contributed by atoms with Crippen molar-refractivity contribution in [2.45, 2.75) is 46.5 Å². The minimum Gasteiger partial charge on any atom is -0.385 e. The maximum absolute atomic E-state index is 13.1. The molecule has 0 atom stereocenters. The Hall–Kier alpha value is -2.09. The molecule has 2 amide bonds. The summed E-state index contributed by atoms with van der Waals surface area (Å²) in [7, 11) is 1.60. The lowest BCUT2D eigenvalue weighted by Gasteiger charge is -2.30. The zero-order valence-corrected chi connectivity index (χ0v) is 21.8. The summed E-state index contributed by atoms with van der Waals surface area (Å²) in [6.45, 7) is 10.4. The zero-order chi connectivity index (χ0) is 24.8. The summed E-state index contributed by atoms with van der Waals surface area (Å²) in [5, 5.41) is 8.13. The van der Waals surface area contributed by atoms with Gasteiger partial charge < -0.3 is 15.0 Å². The number of carbonyl (C=O) groups is 2. The van der Waals surface area contributed by atoms with Crippen LogP contribution in [-0.4, -0.2) is 59.2 Å². The number of para-hydroxylation sites is 1. The normalized spacial score (nSPS) is 12.0. The van der Waals surface area contributed by atoms with E-state index in [-0.39, 0.29) is 29.7 Å². The third-order valence-electron chi connectivity index (χ3n) is 5.14. The predicted molar refractivity (Wildman–Crippen MR) is 133 cm³/mol. The van der Waals surface area contributed by atoms with Crippen molar-refractivity contribution >= 4 is 40.8 Å². The third kappa shape index (κ3) is 7.19. The van der Waals surface area contributed by atoms with E-state index in [1.165, 1.54) is 4.90 Å². The summed E-state index contributed by atoms with van der Waals surface area (Å²) in [6, 6.07) is 9.13. The molecule has 2 rings (SSSR count). The summed E-state index contributed by atoms with van der Waals surface area (Å²) in [6.07, 6.45) is 0.611. The number of amides is 2. The molecule has 0 aliphatic carbocycles. The molecule has 0 saturated carbocycles. The second-order valence-corrected chi connectivity index (χ2v) is 10.3. The summed E-state index contributed by atoms with van der Waals surface area (Å²) in [4.78, 5) is 27.6. The molecule has 2 aromatic rings. The minimum atomic E-state index is -0.784. The fourth-order valence-electron chi connectivity index (χ4n) is 3.14. The quantitative estimate of drug-likeness (QED) is 0.375. The zero-order valence-electron chi connectivity index (χ0n) is 20.2. The van der Waals surface area contributed by atoms with Crippen molar-refractivity contribution in [2.75, 3.05) is 38.0 Å². The molecule has 9 heteroatoms. The first kappa shape index (κ1) is 27.2. The van der Waals surface area contributed by atoms with Gasteiger partial charge in [0, 0.05) is 37.6 Å². The number of aromatic nitrogens is 2. The second-order valence-electron chi connectivity index (χ2n) is 9.67. The average Bonchev–Trinajstić information content (AvgIpc) is 3.16. The van der Waals surface area contributed by atoms with Gasteiger partial charge in [-0.15, -0.1) is 11.6 Å². The molecule has 1 aromatic carbocycles. The fourth-order valence-corrected chi connectivity index (χ4v) is 3.47. The van der Waals surface area contributed by atoms with E-state index < -0.39 is 5.41 Å². The highest BCUT2D eigenvalue weighted by atomic mass is 35.5. The first-order valence-corrected chi connectivity index (χ1v) is 11.8. The molecule has 1 N–H and O–H groups in total. The Balaban J connectivity index is 2.32. The van der Waals surface area contributed by atoms with Gasteiger partial charge in [-0.25, -0.2) is 4.68 Å². The van der Waals surface area contributed by atoms with Crippen molar-refractivity contribution in [1.29, 1.82) is 0 Å². The molecule has 0 saturated heterocycles. The number of rotatable bonds is 10. The summed E-state index contributed by atoms with van der Waals surface area (Å²) < 4.78 is 6.73. The van der Waals surface area contributed by atoms with E-state index in [1.54, 1.807) is 31.7 Å². The van der Waals surface area contributed by atoms with Crippen LogP contribution >= 0.6 is 23.2 Å². The molecule has 0 unspecified atom stereocenters. The van der Waals surface area contributed by atoms with Gasteiger partial charge in [0.2, 0.25) is 11.8 Å². The van der Waals surface area contributed by atoms with Crippen molar-refractivity contribution in [1.82, 2.24) is 14.7 Å². The van der Waals surface area contributed by atoms with Crippen LogP contribution in [-0.2, 0) is 19.7 Å². The smallest absolute Gasteiger partial charge is 0.245 e. The Labute approximate surface area is 206 Å². The lowest BCUT2D eigenvalue weighted by Crippen LogP contribution is -2.46. The number of alkyl halides is 1. The molecule has 1 heterocycles. The Kier molecular flexibility index (Phi) is 9.35. The number of halogens is 2. The molecule has 0 spiro atoms. The van der Waals surface area contributed by atoms with Gasteiger partial charge in [-0.3, -0.25) is 9.59 Å². The van der Waals surface area contributed by atoms with E-state index in [0.29, 0.717) is 36.1 Å². The largest absolute Gasteiger partial charge is 0.385 e. The van der Waals surface area contributed by atoms with Gasteiger partial charge in [-0.05, 0) is 32.4 Å². The van der Waals surface area contributed by atoms with Gasteiger partial charge in [0.25, 0.3) is 0 Å². The van der Waals surface area contributed by atoms with Crippen molar-refractivity contribution in [3.63, 3.8) is 0 Å². The molecule has 0 bridgehead atoms. The highest BCUT2D eigenvalue weighted by molar-refractivity contribution is 6.32. The predicted octanol–water partition coefficient (Wildman–Crippen LogP) is 4.89. The minimum absolute atomic E-state index is 0.110. The first-order chi connectivity index (χ1) is 15.4. The number of hydrogen-bond acceptors (Lipinski definition) is 4. The first-order valence-electron chi connectivity index (χ1n) is 10.9. The molecule has 33 heavy (non-hydrogen) atoms. The SMILES string of the molecule is COCCCN(CC(=O)Nc1cc(C(C)(C)C)nn1-c1ccccc1Cl)C(=O)C(C)(C)CCl. The monoisotopic (exact) mass is 496 g/mol. The van der Waals surface area contributed by atoms with Crippen LogP contribution in [0.25, 0.3) is 5.69 Å². The maximum atomic E-state index is 13.1. The molecule has 1 aromatic heterocycles. The summed E-state index contributed by atoms with van der Waals surface area (Å²) in [5.74, 6) is 0.125. The van der Waals surface area contributed by atoms with E-state index in [2.05, 4.69) is 5.32 Å². The number of carbonyl (C=O) groups excluding carboxylic acids is 2. The molecule has 0 aliphatic rings. The van der Waals surface area contributed by atoms with Gasteiger partial charge in [0.05, 0.1) is 28.4 Å². The standard InChI is InChI=1S/C24H34Cl2N4O3/c1-23(2,3)19-14-20(30(28-19)18-11-8-7-10-17(18)26)27-21(31)15-29(12-9-13-33-6)22(32)24(4,5)16-25/h7-8,10-11,14H,9,12-13,15-16H2,1-6H3,(H,27,31). The average molecular weight is 497 g/mol. The van der Waals surface area contributed by atoms with Gasteiger partial charge in [-0.1, -0.05) is 44.5 Å². The molecule has 0 aliphatic heterocycles. The van der Waals surface area contributed by atoms with Crippen LogP contribution < -0.4 is 5.32 Å². The number of nitrogens with zero attached hydrogens (tertiary/aromatic N) is 3. The van der Waals surface area contributed by atoms with Crippen LogP contribution in [0.2, 0.25) is 5.02 Å². The van der Waals surface area contributed by atoms with Crippen molar-refractivity contribution in [2.24, 2.45) is 5.41 Å². The number of methoxy groups -OCH3 is 1. The second kappa shape index (κ2) is 11.4. The Morgan fingerprint density at radius 3 is 2.42 bits per heavy atom. The van der Waals surface area contributed by atoms with E-state index >= 15 is 0 Å². The lowest BCUT2D eigenvalue weighted by molar-refractivity contribution is -0.141. The Bertz CT molecular complexity index is 967. The maximum Gasteiger partial charge on any atom is 0.245 e. The van der Waals surface area contributed by atoms with Crippen LogP contribution in [0.5, 0.6) is 0 Å². The molecular weight excluding hydrogens is 463 g/mol. The third-order valence-corrected chi connectivity index (χ3v) is 6.12. The number of ether oxygens (including phenoxy) is 1. The summed E-state index contributed by atoms with van der Waals surface area (Å²) in [5.41, 5.74) is 0.432. The van der Waals surface area contributed by atoms with Crippen LogP contribution in [0, 0.1) is 5.41 Å².